The summed E-state index contributed by atoms with van der Waals surface area (Å²) in [6.07, 6.45) is 4.05. The molecule has 1 aliphatic rings. The summed E-state index contributed by atoms with van der Waals surface area (Å²) < 4.78 is 13.5. The highest BCUT2D eigenvalue weighted by molar-refractivity contribution is 5.87. The minimum Gasteiger partial charge on any atom is -0.350 e. The Morgan fingerprint density at radius 1 is 1.29 bits per heavy atom. The van der Waals surface area contributed by atoms with E-state index < -0.39 is 6.04 Å². The van der Waals surface area contributed by atoms with Crippen LogP contribution in [0.4, 0.5) is 4.39 Å². The molecule has 4 nitrogen and oxygen atoms in total. The fourth-order valence-electron chi connectivity index (χ4n) is 2.84. The zero-order valence-corrected chi connectivity index (χ0v) is 12.2. The molecule has 21 heavy (non-hydrogen) atoms. The summed E-state index contributed by atoms with van der Waals surface area (Å²) in [4.78, 5) is 23.6. The van der Waals surface area contributed by atoms with Gasteiger partial charge in [-0.1, -0.05) is 31.0 Å². The lowest BCUT2D eigenvalue weighted by Crippen LogP contribution is -2.49. The summed E-state index contributed by atoms with van der Waals surface area (Å²) in [5.74, 6) is -0.613. The summed E-state index contributed by atoms with van der Waals surface area (Å²) in [5, 5.41) is 5.46. The van der Waals surface area contributed by atoms with Gasteiger partial charge in [-0.3, -0.25) is 9.59 Å². The Labute approximate surface area is 124 Å². The Kier molecular flexibility index (Phi) is 5.31. The van der Waals surface area contributed by atoms with Crippen LogP contribution < -0.4 is 10.6 Å². The predicted octanol–water partition coefficient (Wildman–Crippen LogP) is 2.14. The lowest BCUT2D eigenvalue weighted by atomic mass is 9.97. The first kappa shape index (κ1) is 15.5. The molecule has 1 fully saturated rings. The maximum atomic E-state index is 13.5. The smallest absolute Gasteiger partial charge is 0.243 e. The van der Waals surface area contributed by atoms with Gasteiger partial charge in [0.2, 0.25) is 11.8 Å². The minimum atomic E-state index is -0.517. The molecule has 114 valence electrons. The molecule has 1 aromatic carbocycles. The molecule has 0 unspecified atom stereocenters. The third kappa shape index (κ3) is 4.28. The number of benzene rings is 1. The molecular formula is C16H21FN2O2. The fraction of sp³-hybridized carbons (Fsp3) is 0.500. The van der Waals surface area contributed by atoms with Crippen LogP contribution in [-0.4, -0.2) is 17.9 Å². The zero-order valence-electron chi connectivity index (χ0n) is 12.2. The number of amides is 2. The topological polar surface area (TPSA) is 58.2 Å². The van der Waals surface area contributed by atoms with Gasteiger partial charge in [0.1, 0.15) is 11.9 Å². The van der Waals surface area contributed by atoms with Crippen LogP contribution in [0.1, 0.15) is 38.2 Å². The van der Waals surface area contributed by atoms with E-state index in [0.29, 0.717) is 5.56 Å². The van der Waals surface area contributed by atoms with Gasteiger partial charge in [-0.2, -0.15) is 0 Å². The molecule has 1 saturated carbocycles. The SMILES string of the molecule is CC(=O)N[C@H](C(=O)NCc1ccccc1F)C1CCCC1. The van der Waals surface area contributed by atoms with Crippen molar-refractivity contribution in [2.75, 3.05) is 0 Å². The normalized spacial score (nSPS) is 16.5. The van der Waals surface area contributed by atoms with E-state index in [2.05, 4.69) is 10.6 Å². The minimum absolute atomic E-state index is 0.133. The second kappa shape index (κ2) is 7.20. The number of nitrogens with one attached hydrogen (secondary N) is 2. The first-order valence-electron chi connectivity index (χ1n) is 7.36. The first-order valence-corrected chi connectivity index (χ1v) is 7.36. The maximum Gasteiger partial charge on any atom is 0.243 e. The number of hydrogen-bond donors (Lipinski definition) is 2. The van der Waals surface area contributed by atoms with E-state index >= 15 is 0 Å². The molecule has 0 spiro atoms. The molecule has 5 heteroatoms. The van der Waals surface area contributed by atoms with Gasteiger partial charge in [-0.05, 0) is 24.8 Å². The van der Waals surface area contributed by atoms with Crippen molar-refractivity contribution in [1.82, 2.24) is 10.6 Å². The summed E-state index contributed by atoms with van der Waals surface area (Å²) in [6, 6.07) is 5.82. The van der Waals surface area contributed by atoms with Gasteiger partial charge < -0.3 is 10.6 Å². The van der Waals surface area contributed by atoms with Crippen molar-refractivity contribution < 1.29 is 14.0 Å². The molecule has 0 heterocycles. The maximum absolute atomic E-state index is 13.5. The molecule has 2 rings (SSSR count). The third-order valence-corrected chi connectivity index (χ3v) is 3.92. The number of carbonyl (C=O) groups excluding carboxylic acids is 2. The molecular weight excluding hydrogens is 271 g/mol. The van der Waals surface area contributed by atoms with Crippen LogP contribution in [0.2, 0.25) is 0 Å². The summed E-state index contributed by atoms with van der Waals surface area (Å²) >= 11 is 0. The number of halogens is 1. The predicted molar refractivity (Wildman–Crippen MR) is 77.8 cm³/mol. The first-order chi connectivity index (χ1) is 10.1. The molecule has 0 bridgehead atoms. The highest BCUT2D eigenvalue weighted by Gasteiger charge is 2.31. The van der Waals surface area contributed by atoms with Gasteiger partial charge in [0.15, 0.2) is 0 Å². The molecule has 1 atom stereocenters. The number of carbonyl (C=O) groups is 2. The summed E-state index contributed by atoms with van der Waals surface area (Å²) in [7, 11) is 0. The second-order valence-corrected chi connectivity index (χ2v) is 5.53. The number of rotatable bonds is 5. The fourth-order valence-corrected chi connectivity index (χ4v) is 2.84. The lowest BCUT2D eigenvalue weighted by Gasteiger charge is -2.23. The van der Waals surface area contributed by atoms with E-state index in [9.17, 15) is 14.0 Å². The van der Waals surface area contributed by atoms with E-state index in [4.69, 9.17) is 0 Å². The molecule has 0 radical (unpaired) electrons. The molecule has 2 amide bonds. The van der Waals surface area contributed by atoms with Gasteiger partial charge in [0, 0.05) is 19.0 Å². The summed E-state index contributed by atoms with van der Waals surface area (Å²) in [5.41, 5.74) is 0.443. The van der Waals surface area contributed by atoms with Crippen LogP contribution in [0.25, 0.3) is 0 Å². The van der Waals surface area contributed by atoms with E-state index in [1.807, 2.05) is 0 Å². The molecule has 0 aliphatic heterocycles. The average molecular weight is 292 g/mol. The molecule has 1 aromatic rings. The summed E-state index contributed by atoms with van der Waals surface area (Å²) in [6.45, 7) is 1.54. The van der Waals surface area contributed by atoms with Crippen molar-refractivity contribution in [3.05, 3.63) is 35.6 Å². The van der Waals surface area contributed by atoms with Crippen LogP contribution in [0.15, 0.2) is 24.3 Å². The van der Waals surface area contributed by atoms with Crippen molar-refractivity contribution in [2.24, 2.45) is 5.92 Å². The van der Waals surface area contributed by atoms with Crippen molar-refractivity contribution >= 4 is 11.8 Å². The quantitative estimate of drug-likeness (QED) is 0.873. The molecule has 2 N–H and O–H groups in total. The van der Waals surface area contributed by atoms with E-state index in [1.54, 1.807) is 18.2 Å². The Bertz CT molecular complexity index is 513. The largest absolute Gasteiger partial charge is 0.350 e. The van der Waals surface area contributed by atoms with Crippen molar-refractivity contribution in [1.29, 1.82) is 0 Å². The van der Waals surface area contributed by atoms with Gasteiger partial charge in [0.05, 0.1) is 0 Å². The Morgan fingerprint density at radius 2 is 1.95 bits per heavy atom. The second-order valence-electron chi connectivity index (χ2n) is 5.53. The third-order valence-electron chi connectivity index (χ3n) is 3.92. The highest BCUT2D eigenvalue weighted by atomic mass is 19.1. The van der Waals surface area contributed by atoms with Crippen LogP contribution in [-0.2, 0) is 16.1 Å². The average Bonchev–Trinajstić information content (AvgIpc) is 2.97. The van der Waals surface area contributed by atoms with Crippen molar-refractivity contribution in [3.8, 4) is 0 Å². The Morgan fingerprint density at radius 3 is 2.57 bits per heavy atom. The van der Waals surface area contributed by atoms with Gasteiger partial charge >= 0.3 is 0 Å². The molecule has 0 saturated heterocycles. The van der Waals surface area contributed by atoms with Gasteiger partial charge in [-0.15, -0.1) is 0 Å². The van der Waals surface area contributed by atoms with Crippen LogP contribution in [0.3, 0.4) is 0 Å². The Balaban J connectivity index is 1.97. The van der Waals surface area contributed by atoms with E-state index in [-0.39, 0.29) is 30.1 Å². The Hall–Kier alpha value is -1.91. The van der Waals surface area contributed by atoms with Crippen molar-refractivity contribution in [3.63, 3.8) is 0 Å². The molecule has 0 aromatic heterocycles. The molecule has 1 aliphatic carbocycles. The van der Waals surface area contributed by atoms with Crippen LogP contribution >= 0.6 is 0 Å². The zero-order chi connectivity index (χ0) is 15.2. The van der Waals surface area contributed by atoms with Crippen LogP contribution in [0, 0.1) is 11.7 Å². The van der Waals surface area contributed by atoms with Gasteiger partial charge in [0.25, 0.3) is 0 Å². The van der Waals surface area contributed by atoms with Crippen molar-refractivity contribution in [2.45, 2.75) is 45.2 Å². The monoisotopic (exact) mass is 292 g/mol. The number of hydrogen-bond acceptors (Lipinski definition) is 2. The van der Waals surface area contributed by atoms with Crippen LogP contribution in [0.5, 0.6) is 0 Å². The van der Waals surface area contributed by atoms with E-state index in [1.165, 1.54) is 13.0 Å². The van der Waals surface area contributed by atoms with E-state index in [0.717, 1.165) is 25.7 Å². The standard InChI is InChI=1S/C16H21FN2O2/c1-11(20)19-15(12-6-2-3-7-12)16(21)18-10-13-8-4-5-9-14(13)17/h4-5,8-9,12,15H,2-3,6-7,10H2,1H3,(H,18,21)(H,19,20)/t15-/m0/s1. The van der Waals surface area contributed by atoms with Gasteiger partial charge in [-0.25, -0.2) is 4.39 Å². The lowest BCUT2D eigenvalue weighted by molar-refractivity contribution is -0.129. The highest BCUT2D eigenvalue weighted by Crippen LogP contribution is 2.28.